The summed E-state index contributed by atoms with van der Waals surface area (Å²) in [4.78, 5) is 13.8. The summed E-state index contributed by atoms with van der Waals surface area (Å²) in [6.07, 6.45) is 3.19. The van der Waals surface area contributed by atoms with Crippen molar-refractivity contribution in [3.05, 3.63) is 0 Å². The summed E-state index contributed by atoms with van der Waals surface area (Å²) in [5, 5.41) is 6.38. The standard InChI is InChI=1S/C12H23N3O/c1-2-13-12(16)3-6-14-11-5-8-15-7-4-10(11)9-15/h10-11,14H,2-9H2,1H3,(H,13,16). The van der Waals surface area contributed by atoms with Crippen molar-refractivity contribution in [1.82, 2.24) is 15.5 Å². The van der Waals surface area contributed by atoms with E-state index in [-0.39, 0.29) is 5.91 Å². The van der Waals surface area contributed by atoms with Crippen LogP contribution in [0.1, 0.15) is 26.2 Å². The van der Waals surface area contributed by atoms with Crippen LogP contribution in [0.5, 0.6) is 0 Å². The third-order valence-electron chi connectivity index (χ3n) is 3.77. The Kier molecular flexibility index (Phi) is 4.18. The molecule has 2 heterocycles. The zero-order chi connectivity index (χ0) is 11.4. The molecule has 0 aliphatic carbocycles. The van der Waals surface area contributed by atoms with Gasteiger partial charge in [-0.15, -0.1) is 0 Å². The van der Waals surface area contributed by atoms with Gasteiger partial charge >= 0.3 is 0 Å². The smallest absolute Gasteiger partial charge is 0.221 e. The van der Waals surface area contributed by atoms with Crippen LogP contribution in [0.3, 0.4) is 0 Å². The number of nitrogens with zero attached hydrogens (tertiary/aromatic N) is 1. The van der Waals surface area contributed by atoms with Crippen molar-refractivity contribution < 1.29 is 4.79 Å². The molecule has 2 aliphatic heterocycles. The molecule has 1 amide bonds. The first kappa shape index (κ1) is 11.9. The van der Waals surface area contributed by atoms with Crippen molar-refractivity contribution in [3.63, 3.8) is 0 Å². The molecule has 0 saturated carbocycles. The van der Waals surface area contributed by atoms with Crippen molar-refractivity contribution in [3.8, 4) is 0 Å². The van der Waals surface area contributed by atoms with Crippen molar-refractivity contribution in [2.45, 2.75) is 32.2 Å². The molecule has 2 aliphatic rings. The van der Waals surface area contributed by atoms with Gasteiger partial charge in [0.1, 0.15) is 0 Å². The molecular formula is C12H23N3O. The lowest BCUT2D eigenvalue weighted by Gasteiger charge is -2.31. The molecule has 0 aromatic heterocycles. The van der Waals surface area contributed by atoms with E-state index in [1.54, 1.807) is 0 Å². The van der Waals surface area contributed by atoms with Crippen LogP contribution < -0.4 is 10.6 Å². The van der Waals surface area contributed by atoms with Gasteiger partial charge in [0, 0.05) is 32.1 Å². The summed E-state index contributed by atoms with van der Waals surface area (Å²) in [6.45, 7) is 7.29. The molecule has 2 bridgehead atoms. The lowest BCUT2D eigenvalue weighted by atomic mass is 9.94. The molecule has 0 radical (unpaired) electrons. The van der Waals surface area contributed by atoms with E-state index >= 15 is 0 Å². The molecule has 0 spiro atoms. The lowest BCUT2D eigenvalue weighted by Crippen LogP contribution is -2.44. The molecule has 2 fully saturated rings. The van der Waals surface area contributed by atoms with Crippen LogP contribution in [0.25, 0.3) is 0 Å². The first-order chi connectivity index (χ1) is 7.79. The topological polar surface area (TPSA) is 44.4 Å². The Balaban J connectivity index is 1.64. The molecule has 2 saturated heterocycles. The number of fused-ring (bicyclic) bond motifs is 2. The number of carbonyl (C=O) groups is 1. The Labute approximate surface area is 97.8 Å². The second-order valence-corrected chi connectivity index (χ2v) is 4.90. The largest absolute Gasteiger partial charge is 0.356 e. The van der Waals surface area contributed by atoms with E-state index in [4.69, 9.17) is 0 Å². The second-order valence-electron chi connectivity index (χ2n) is 4.90. The van der Waals surface area contributed by atoms with Gasteiger partial charge in [-0.25, -0.2) is 0 Å². The van der Waals surface area contributed by atoms with Gasteiger partial charge in [-0.3, -0.25) is 4.79 Å². The van der Waals surface area contributed by atoms with E-state index in [2.05, 4.69) is 15.5 Å². The Morgan fingerprint density at radius 3 is 3.00 bits per heavy atom. The summed E-state index contributed by atoms with van der Waals surface area (Å²) in [5.41, 5.74) is 0. The minimum absolute atomic E-state index is 0.166. The highest BCUT2D eigenvalue weighted by Crippen LogP contribution is 2.26. The minimum atomic E-state index is 0.166. The van der Waals surface area contributed by atoms with Gasteiger partial charge in [0.2, 0.25) is 5.91 Å². The molecule has 3 atom stereocenters. The molecule has 4 nitrogen and oxygen atoms in total. The Morgan fingerprint density at radius 2 is 2.19 bits per heavy atom. The normalized spacial score (nSPS) is 32.7. The fourth-order valence-electron chi connectivity index (χ4n) is 2.88. The number of amides is 1. The number of hydrogen-bond acceptors (Lipinski definition) is 3. The van der Waals surface area contributed by atoms with Crippen LogP contribution in [-0.2, 0) is 4.79 Å². The Morgan fingerprint density at radius 1 is 1.38 bits per heavy atom. The van der Waals surface area contributed by atoms with Gasteiger partial charge in [-0.05, 0) is 38.8 Å². The predicted molar refractivity (Wildman–Crippen MR) is 64.3 cm³/mol. The second kappa shape index (κ2) is 5.64. The molecule has 4 heteroatoms. The van der Waals surface area contributed by atoms with Crippen molar-refractivity contribution in [2.24, 2.45) is 5.92 Å². The predicted octanol–water partition coefficient (Wildman–Crippen LogP) is 0.196. The maximum atomic E-state index is 11.3. The fourth-order valence-corrected chi connectivity index (χ4v) is 2.88. The van der Waals surface area contributed by atoms with E-state index in [1.807, 2.05) is 6.92 Å². The first-order valence-corrected chi connectivity index (χ1v) is 6.52. The highest BCUT2D eigenvalue weighted by atomic mass is 16.1. The average molecular weight is 225 g/mol. The van der Waals surface area contributed by atoms with Crippen LogP contribution >= 0.6 is 0 Å². The van der Waals surface area contributed by atoms with Crippen molar-refractivity contribution in [2.75, 3.05) is 32.7 Å². The van der Waals surface area contributed by atoms with Gasteiger partial charge in [0.05, 0.1) is 0 Å². The zero-order valence-electron chi connectivity index (χ0n) is 10.2. The summed E-state index contributed by atoms with van der Waals surface area (Å²) in [7, 11) is 0. The quantitative estimate of drug-likeness (QED) is 0.702. The summed E-state index contributed by atoms with van der Waals surface area (Å²) >= 11 is 0. The number of hydrogen-bond donors (Lipinski definition) is 2. The van der Waals surface area contributed by atoms with Crippen LogP contribution in [0, 0.1) is 5.92 Å². The molecule has 92 valence electrons. The van der Waals surface area contributed by atoms with Crippen LogP contribution in [0.15, 0.2) is 0 Å². The molecule has 2 rings (SSSR count). The van der Waals surface area contributed by atoms with Gasteiger partial charge in [0.25, 0.3) is 0 Å². The zero-order valence-corrected chi connectivity index (χ0v) is 10.2. The summed E-state index contributed by atoms with van der Waals surface area (Å²) in [6, 6.07) is 0.646. The van der Waals surface area contributed by atoms with Crippen LogP contribution in [-0.4, -0.2) is 49.6 Å². The maximum Gasteiger partial charge on any atom is 0.221 e. The van der Waals surface area contributed by atoms with Crippen molar-refractivity contribution in [1.29, 1.82) is 0 Å². The van der Waals surface area contributed by atoms with Gasteiger partial charge in [-0.1, -0.05) is 0 Å². The Hall–Kier alpha value is -0.610. The Bertz CT molecular complexity index is 244. The van der Waals surface area contributed by atoms with Gasteiger partial charge in [-0.2, -0.15) is 0 Å². The molecule has 0 aromatic carbocycles. The number of nitrogens with one attached hydrogen (secondary N) is 2. The van der Waals surface area contributed by atoms with E-state index in [9.17, 15) is 4.79 Å². The maximum absolute atomic E-state index is 11.3. The summed E-state index contributed by atoms with van der Waals surface area (Å²) < 4.78 is 0. The molecule has 0 aromatic rings. The van der Waals surface area contributed by atoms with E-state index in [0.29, 0.717) is 12.5 Å². The average Bonchev–Trinajstić information content (AvgIpc) is 2.65. The number of rotatable bonds is 5. The highest BCUT2D eigenvalue weighted by Gasteiger charge is 2.33. The third-order valence-corrected chi connectivity index (χ3v) is 3.77. The van der Waals surface area contributed by atoms with Crippen LogP contribution in [0.2, 0.25) is 0 Å². The van der Waals surface area contributed by atoms with Crippen LogP contribution in [0.4, 0.5) is 0 Å². The molecular weight excluding hydrogens is 202 g/mol. The van der Waals surface area contributed by atoms with E-state index in [1.165, 1.54) is 32.5 Å². The fraction of sp³-hybridized carbons (Fsp3) is 0.917. The SMILES string of the molecule is CCNC(=O)CCNC1CCN2CCC1C2. The minimum Gasteiger partial charge on any atom is -0.356 e. The number of piperidine rings is 1. The summed E-state index contributed by atoms with van der Waals surface area (Å²) in [5.74, 6) is 0.988. The molecule has 2 N–H and O–H groups in total. The third kappa shape index (κ3) is 2.95. The highest BCUT2D eigenvalue weighted by molar-refractivity contribution is 5.75. The van der Waals surface area contributed by atoms with E-state index in [0.717, 1.165) is 19.0 Å². The molecule has 16 heavy (non-hydrogen) atoms. The van der Waals surface area contributed by atoms with Gasteiger partial charge in [0.15, 0.2) is 0 Å². The first-order valence-electron chi connectivity index (χ1n) is 6.52. The molecule has 3 unspecified atom stereocenters. The lowest BCUT2D eigenvalue weighted by molar-refractivity contribution is -0.120. The van der Waals surface area contributed by atoms with Gasteiger partial charge < -0.3 is 15.5 Å². The number of carbonyl (C=O) groups excluding carboxylic acids is 1. The monoisotopic (exact) mass is 225 g/mol. The van der Waals surface area contributed by atoms with Crippen molar-refractivity contribution >= 4 is 5.91 Å². The van der Waals surface area contributed by atoms with E-state index < -0.39 is 0 Å².